The van der Waals surface area contributed by atoms with Crippen LogP contribution in [-0.4, -0.2) is 23.8 Å². The van der Waals surface area contributed by atoms with Gasteiger partial charge >= 0.3 is 11.9 Å². The van der Waals surface area contributed by atoms with E-state index in [1.165, 1.54) is 0 Å². The minimum absolute atomic E-state index is 0.102. The Morgan fingerprint density at radius 1 is 0.711 bits per heavy atom. The second-order valence-corrected chi connectivity index (χ2v) is 8.63. The highest BCUT2D eigenvalue weighted by atomic mass is 16.5. The number of esters is 2. The van der Waals surface area contributed by atoms with Crippen molar-refractivity contribution in [2.45, 2.75) is 52.6 Å². The first-order chi connectivity index (χ1) is 18.3. The Morgan fingerprint density at radius 2 is 1.29 bits per heavy atom. The topological polar surface area (TPSA) is 111 Å². The van der Waals surface area contributed by atoms with Crippen LogP contribution in [0.1, 0.15) is 66.6 Å². The van der Waals surface area contributed by atoms with E-state index in [4.69, 9.17) is 9.47 Å². The number of hydrogen-bond donors (Lipinski definition) is 2. The number of rotatable bonds is 11. The van der Waals surface area contributed by atoms with Crippen LogP contribution in [0, 0.1) is 0 Å². The van der Waals surface area contributed by atoms with E-state index in [0.717, 1.165) is 0 Å². The molecule has 1 atom stereocenters. The predicted octanol–water partition coefficient (Wildman–Crippen LogP) is 4.67. The van der Waals surface area contributed by atoms with Crippen molar-refractivity contribution in [3.8, 4) is 11.5 Å². The Morgan fingerprint density at radius 3 is 1.95 bits per heavy atom. The molecule has 0 aliphatic heterocycles. The maximum absolute atomic E-state index is 13.1. The van der Waals surface area contributed by atoms with Gasteiger partial charge in [0, 0.05) is 37.1 Å². The summed E-state index contributed by atoms with van der Waals surface area (Å²) in [5.74, 6) is -1.28. The molecule has 3 aromatic carbocycles. The molecule has 38 heavy (non-hydrogen) atoms. The number of hydrogen-bond acceptors (Lipinski definition) is 6. The van der Waals surface area contributed by atoms with Gasteiger partial charge in [-0.25, -0.2) is 4.79 Å². The highest BCUT2D eigenvalue weighted by molar-refractivity contribution is 5.91. The summed E-state index contributed by atoms with van der Waals surface area (Å²) < 4.78 is 11.3. The second-order valence-electron chi connectivity index (χ2n) is 8.63. The fraction of sp³-hybridized carbons (Fsp3) is 0.267. The van der Waals surface area contributed by atoms with Gasteiger partial charge in [-0.1, -0.05) is 56.3 Å². The Hall–Kier alpha value is -4.46. The molecule has 198 valence electrons. The first kappa shape index (κ1) is 28.1. The van der Waals surface area contributed by atoms with Gasteiger partial charge in [-0.15, -0.1) is 0 Å². The zero-order valence-electron chi connectivity index (χ0n) is 21.8. The first-order valence-corrected chi connectivity index (χ1v) is 12.5. The van der Waals surface area contributed by atoms with Crippen molar-refractivity contribution in [2.24, 2.45) is 0 Å². The van der Waals surface area contributed by atoms with Crippen molar-refractivity contribution >= 4 is 23.8 Å². The van der Waals surface area contributed by atoms with Crippen molar-refractivity contribution < 1.29 is 28.7 Å². The molecule has 8 nitrogen and oxygen atoms in total. The molecule has 1 unspecified atom stereocenters. The molecule has 8 heteroatoms. The number of amides is 2. The molecule has 2 amide bonds. The van der Waals surface area contributed by atoms with Crippen molar-refractivity contribution in [2.75, 3.05) is 0 Å². The fourth-order valence-corrected chi connectivity index (χ4v) is 3.56. The van der Waals surface area contributed by atoms with Crippen LogP contribution < -0.4 is 20.1 Å². The van der Waals surface area contributed by atoms with E-state index in [2.05, 4.69) is 10.6 Å². The molecule has 0 aliphatic carbocycles. The second kappa shape index (κ2) is 13.7. The summed E-state index contributed by atoms with van der Waals surface area (Å²) in [4.78, 5) is 49.2. The van der Waals surface area contributed by atoms with Gasteiger partial charge in [-0.2, -0.15) is 0 Å². The molecule has 0 saturated carbocycles. The van der Waals surface area contributed by atoms with E-state index >= 15 is 0 Å². The van der Waals surface area contributed by atoms with Crippen LogP contribution >= 0.6 is 0 Å². The predicted molar refractivity (Wildman–Crippen MR) is 143 cm³/mol. The fourth-order valence-electron chi connectivity index (χ4n) is 3.56. The van der Waals surface area contributed by atoms with Gasteiger partial charge in [-0.05, 0) is 42.8 Å². The molecule has 0 saturated heterocycles. The van der Waals surface area contributed by atoms with Gasteiger partial charge in [0.2, 0.25) is 11.8 Å². The maximum Gasteiger partial charge on any atom is 0.343 e. The van der Waals surface area contributed by atoms with E-state index in [1.807, 2.05) is 0 Å². The molecule has 0 aliphatic rings. The zero-order chi connectivity index (χ0) is 27.5. The first-order valence-electron chi connectivity index (χ1n) is 12.5. The minimum Gasteiger partial charge on any atom is -0.426 e. The average Bonchev–Trinajstić information content (AvgIpc) is 2.95. The molecular formula is C30H32N2O6. The number of benzene rings is 3. The standard InChI is InChI=1S/C30H32N2O6/c1-4-27(33)31-18-23-13-9-10-14-25(23)37-29(35)20(3)22-15-16-26(24(17-22)19-32-28(34)5-2)38-30(36)21-11-7-6-8-12-21/h6-17,20H,4-5,18-19H2,1-3H3,(H,31,33)(H,32,34). The highest BCUT2D eigenvalue weighted by Gasteiger charge is 2.21. The van der Waals surface area contributed by atoms with E-state index in [1.54, 1.807) is 93.6 Å². The Kier molecular flexibility index (Phi) is 10.2. The summed E-state index contributed by atoms with van der Waals surface area (Å²) in [5.41, 5.74) is 2.26. The summed E-state index contributed by atoms with van der Waals surface area (Å²) in [6.45, 7) is 5.58. The van der Waals surface area contributed by atoms with Gasteiger partial charge in [0.05, 0.1) is 11.5 Å². The summed E-state index contributed by atoms with van der Waals surface area (Å²) in [5, 5.41) is 5.58. The molecule has 0 bridgehead atoms. The van der Waals surface area contributed by atoms with Crippen LogP contribution in [0.25, 0.3) is 0 Å². The lowest BCUT2D eigenvalue weighted by Gasteiger charge is -2.17. The Bertz CT molecular complexity index is 1290. The number of ether oxygens (including phenoxy) is 2. The van der Waals surface area contributed by atoms with Crippen LogP contribution in [0.3, 0.4) is 0 Å². The van der Waals surface area contributed by atoms with E-state index in [9.17, 15) is 19.2 Å². The third kappa shape index (κ3) is 7.77. The van der Waals surface area contributed by atoms with Crippen molar-refractivity contribution in [1.82, 2.24) is 10.6 Å². The van der Waals surface area contributed by atoms with Gasteiger partial charge in [0.1, 0.15) is 11.5 Å². The molecule has 3 aromatic rings. The quantitative estimate of drug-likeness (QED) is 0.283. The third-order valence-electron chi connectivity index (χ3n) is 5.93. The number of nitrogens with one attached hydrogen (secondary N) is 2. The average molecular weight is 517 g/mol. The number of carbonyl (C=O) groups is 4. The van der Waals surface area contributed by atoms with E-state index in [-0.39, 0.29) is 30.7 Å². The van der Waals surface area contributed by atoms with Gasteiger partial charge in [0.25, 0.3) is 0 Å². The molecule has 0 heterocycles. The molecule has 0 spiro atoms. The molecule has 3 rings (SSSR count). The monoisotopic (exact) mass is 516 g/mol. The molecule has 0 radical (unpaired) electrons. The van der Waals surface area contributed by atoms with E-state index in [0.29, 0.717) is 40.8 Å². The summed E-state index contributed by atoms with van der Waals surface area (Å²) in [6, 6.07) is 20.6. The minimum atomic E-state index is -0.659. The zero-order valence-corrected chi connectivity index (χ0v) is 21.8. The molecule has 0 aromatic heterocycles. The number of carbonyl (C=O) groups excluding carboxylic acids is 4. The normalized spacial score (nSPS) is 11.2. The van der Waals surface area contributed by atoms with Crippen LogP contribution in [0.5, 0.6) is 11.5 Å². The maximum atomic E-state index is 13.1. The van der Waals surface area contributed by atoms with Crippen molar-refractivity contribution in [3.63, 3.8) is 0 Å². The largest absolute Gasteiger partial charge is 0.426 e. The van der Waals surface area contributed by atoms with Crippen LogP contribution in [0.4, 0.5) is 0 Å². The third-order valence-corrected chi connectivity index (χ3v) is 5.93. The van der Waals surface area contributed by atoms with Crippen molar-refractivity contribution in [3.05, 3.63) is 95.1 Å². The number of para-hydroxylation sites is 1. The van der Waals surface area contributed by atoms with Crippen LogP contribution in [0.15, 0.2) is 72.8 Å². The van der Waals surface area contributed by atoms with Crippen LogP contribution in [0.2, 0.25) is 0 Å². The summed E-state index contributed by atoms with van der Waals surface area (Å²) in [7, 11) is 0. The molecule has 0 fully saturated rings. The highest BCUT2D eigenvalue weighted by Crippen LogP contribution is 2.28. The summed E-state index contributed by atoms with van der Waals surface area (Å²) >= 11 is 0. The van der Waals surface area contributed by atoms with Gasteiger partial charge in [-0.3, -0.25) is 14.4 Å². The molecular weight excluding hydrogens is 484 g/mol. The lowest BCUT2D eigenvalue weighted by molar-refractivity contribution is -0.135. The van der Waals surface area contributed by atoms with Crippen molar-refractivity contribution in [1.29, 1.82) is 0 Å². The van der Waals surface area contributed by atoms with Crippen LogP contribution in [-0.2, 0) is 27.5 Å². The van der Waals surface area contributed by atoms with Gasteiger partial charge < -0.3 is 20.1 Å². The SMILES string of the molecule is CCC(=O)NCc1cc(C(C)C(=O)Oc2ccccc2CNC(=O)CC)ccc1OC(=O)c1ccccc1. The Labute approximate surface area is 222 Å². The lowest BCUT2D eigenvalue weighted by Crippen LogP contribution is -2.23. The summed E-state index contributed by atoms with van der Waals surface area (Å²) in [6.07, 6.45) is 0.663. The lowest BCUT2D eigenvalue weighted by atomic mass is 9.98. The smallest absolute Gasteiger partial charge is 0.343 e. The Balaban J connectivity index is 1.80. The van der Waals surface area contributed by atoms with Gasteiger partial charge in [0.15, 0.2) is 0 Å². The van der Waals surface area contributed by atoms with E-state index < -0.39 is 17.9 Å². The molecule has 2 N–H and O–H groups in total.